The first-order valence-electron chi connectivity index (χ1n) is 10.7. The molecule has 1 fully saturated rings. The minimum Gasteiger partial charge on any atom is -0.357 e. The number of guanidine groups is 1. The summed E-state index contributed by atoms with van der Waals surface area (Å²) in [5.74, 6) is -0.0784. The van der Waals surface area contributed by atoms with Crippen LogP contribution in [-0.2, 0) is 13.5 Å². The van der Waals surface area contributed by atoms with Crippen molar-refractivity contribution in [3.05, 3.63) is 53.4 Å². The molecule has 0 bridgehead atoms. The van der Waals surface area contributed by atoms with Crippen LogP contribution in [0.15, 0.2) is 35.6 Å². The molecule has 9 heteroatoms. The third-order valence-corrected chi connectivity index (χ3v) is 5.52. The van der Waals surface area contributed by atoms with Gasteiger partial charge in [0.1, 0.15) is 11.6 Å². The summed E-state index contributed by atoms with van der Waals surface area (Å²) < 4.78 is 29.4. The van der Waals surface area contributed by atoms with Crippen LogP contribution in [0.3, 0.4) is 0 Å². The zero-order chi connectivity index (χ0) is 21.5. The monoisotopic (exact) mass is 546 g/mol. The first-order valence-corrected chi connectivity index (χ1v) is 10.7. The zero-order valence-corrected chi connectivity index (χ0v) is 20.9. The number of benzene rings is 1. The van der Waals surface area contributed by atoms with Gasteiger partial charge in [-0.1, -0.05) is 13.0 Å². The summed E-state index contributed by atoms with van der Waals surface area (Å²) >= 11 is 0. The summed E-state index contributed by atoms with van der Waals surface area (Å²) in [6.45, 7) is 8.87. The Morgan fingerprint density at radius 1 is 1.19 bits per heavy atom. The maximum Gasteiger partial charge on any atom is 0.194 e. The Morgan fingerprint density at radius 2 is 1.94 bits per heavy atom. The van der Waals surface area contributed by atoms with E-state index in [9.17, 15) is 8.78 Å². The van der Waals surface area contributed by atoms with E-state index in [1.54, 1.807) is 10.7 Å². The van der Waals surface area contributed by atoms with E-state index in [2.05, 4.69) is 27.1 Å². The Hall–Kier alpha value is -1.75. The molecule has 3 rings (SSSR count). The predicted molar refractivity (Wildman–Crippen MR) is 131 cm³/mol. The van der Waals surface area contributed by atoms with Crippen molar-refractivity contribution in [3.63, 3.8) is 0 Å². The quantitative estimate of drug-likeness (QED) is 0.328. The molecule has 0 radical (unpaired) electrons. The topological polar surface area (TPSA) is 48.7 Å². The lowest BCUT2D eigenvalue weighted by Gasteiger charge is -2.40. The van der Waals surface area contributed by atoms with Gasteiger partial charge in [0, 0.05) is 70.2 Å². The number of aliphatic imine (C=N–C) groups is 1. The van der Waals surface area contributed by atoms with Crippen LogP contribution >= 0.6 is 24.0 Å². The average Bonchev–Trinajstić information content (AvgIpc) is 3.15. The number of nitrogens with one attached hydrogen (secondary N) is 1. The molecule has 6 nitrogen and oxygen atoms in total. The van der Waals surface area contributed by atoms with E-state index in [1.807, 2.05) is 26.4 Å². The Morgan fingerprint density at radius 3 is 2.52 bits per heavy atom. The maximum absolute atomic E-state index is 14.3. The lowest BCUT2D eigenvalue weighted by molar-refractivity contribution is 0.124. The third kappa shape index (κ3) is 6.86. The van der Waals surface area contributed by atoms with Crippen molar-refractivity contribution in [2.24, 2.45) is 12.0 Å². The molecule has 0 amide bonds. The van der Waals surface area contributed by atoms with Crippen molar-refractivity contribution in [2.75, 3.05) is 39.3 Å². The lowest BCUT2D eigenvalue weighted by atomic mass is 10.0. The highest BCUT2D eigenvalue weighted by molar-refractivity contribution is 14.0. The zero-order valence-electron chi connectivity index (χ0n) is 18.5. The molecule has 1 atom stereocenters. The van der Waals surface area contributed by atoms with Crippen molar-refractivity contribution >= 4 is 29.9 Å². The number of nitrogens with zero attached hydrogens (tertiary/aromatic N) is 5. The smallest absolute Gasteiger partial charge is 0.194 e. The lowest BCUT2D eigenvalue weighted by Crippen LogP contribution is -2.53. The molecule has 0 aliphatic carbocycles. The molecule has 1 aromatic carbocycles. The minimum absolute atomic E-state index is 0. The van der Waals surface area contributed by atoms with E-state index in [4.69, 9.17) is 4.99 Å². The summed E-state index contributed by atoms with van der Waals surface area (Å²) in [7, 11) is 1.91. The molecule has 1 N–H and O–H groups in total. The molecule has 0 saturated carbocycles. The number of hydrogen-bond acceptors (Lipinski definition) is 3. The van der Waals surface area contributed by atoms with Gasteiger partial charge in [0.05, 0.1) is 6.20 Å². The maximum atomic E-state index is 14.3. The summed E-state index contributed by atoms with van der Waals surface area (Å²) in [4.78, 5) is 9.33. The van der Waals surface area contributed by atoms with Crippen LogP contribution < -0.4 is 5.32 Å². The highest BCUT2D eigenvalue weighted by Gasteiger charge is 2.27. The minimum atomic E-state index is -0.534. The van der Waals surface area contributed by atoms with E-state index in [0.29, 0.717) is 12.1 Å². The van der Waals surface area contributed by atoms with E-state index in [0.717, 1.165) is 57.6 Å². The molecule has 1 aromatic heterocycles. The highest BCUT2D eigenvalue weighted by atomic mass is 127. The van der Waals surface area contributed by atoms with Crippen molar-refractivity contribution in [1.82, 2.24) is 24.9 Å². The number of aryl methyl sites for hydroxylation is 1. The fourth-order valence-electron chi connectivity index (χ4n) is 4.01. The predicted octanol–water partition coefficient (Wildman–Crippen LogP) is 3.59. The van der Waals surface area contributed by atoms with Gasteiger partial charge >= 0.3 is 0 Å². The largest absolute Gasteiger partial charge is 0.357 e. The fourth-order valence-corrected chi connectivity index (χ4v) is 4.01. The molecule has 1 unspecified atom stereocenters. The normalized spacial score (nSPS) is 16.2. The number of hydrogen-bond donors (Lipinski definition) is 1. The molecule has 1 aliphatic heterocycles. The second-order valence-electron chi connectivity index (χ2n) is 7.62. The van der Waals surface area contributed by atoms with Gasteiger partial charge in [-0.2, -0.15) is 5.10 Å². The summed E-state index contributed by atoms with van der Waals surface area (Å²) in [6.07, 6.45) is 5.52. The van der Waals surface area contributed by atoms with Crippen molar-refractivity contribution in [1.29, 1.82) is 0 Å². The molecule has 1 saturated heterocycles. The summed E-state index contributed by atoms with van der Waals surface area (Å²) in [5, 5.41) is 7.58. The summed E-state index contributed by atoms with van der Waals surface area (Å²) in [5.41, 5.74) is 1.75. The second kappa shape index (κ2) is 12.3. The molecule has 2 aromatic rings. The van der Waals surface area contributed by atoms with Gasteiger partial charge in [0.15, 0.2) is 5.96 Å². The van der Waals surface area contributed by atoms with E-state index < -0.39 is 11.6 Å². The second-order valence-corrected chi connectivity index (χ2v) is 7.62. The van der Waals surface area contributed by atoms with Crippen LogP contribution in [-0.4, -0.2) is 64.8 Å². The van der Waals surface area contributed by atoms with E-state index >= 15 is 0 Å². The number of halogens is 3. The standard InChI is InChI=1S/C22H32F2N6.HI/c1-4-21(19-7-6-18(23)14-20(19)24)29-10-12-30(13-11-29)22(25-5-2)26-9-8-17-15-27-28(3)16-17;/h6-7,14-16,21H,4-5,8-13H2,1-3H3,(H,25,26);1H. The van der Waals surface area contributed by atoms with Crippen molar-refractivity contribution in [3.8, 4) is 0 Å². The van der Waals surface area contributed by atoms with Crippen LogP contribution in [0.25, 0.3) is 0 Å². The third-order valence-electron chi connectivity index (χ3n) is 5.52. The van der Waals surface area contributed by atoms with Gasteiger partial charge in [-0.3, -0.25) is 14.6 Å². The van der Waals surface area contributed by atoms with Gasteiger partial charge in [-0.15, -0.1) is 24.0 Å². The number of rotatable bonds is 7. The van der Waals surface area contributed by atoms with Crippen LogP contribution in [0.5, 0.6) is 0 Å². The Balaban J connectivity index is 0.00000341. The Kier molecular flexibility index (Phi) is 10.1. The SMILES string of the molecule is CCNC(=NCCc1cnn(C)c1)N1CCN(C(CC)c2ccc(F)cc2F)CC1.I. The summed E-state index contributed by atoms with van der Waals surface area (Å²) in [6, 6.07) is 3.86. The Bertz CT molecular complexity index is 848. The first-order chi connectivity index (χ1) is 14.5. The molecule has 0 spiro atoms. The van der Waals surface area contributed by atoms with Gasteiger partial charge in [0.2, 0.25) is 0 Å². The van der Waals surface area contributed by atoms with Crippen LogP contribution in [0.1, 0.15) is 37.4 Å². The number of piperazine rings is 1. The van der Waals surface area contributed by atoms with Crippen molar-refractivity contribution in [2.45, 2.75) is 32.7 Å². The molecule has 172 valence electrons. The first kappa shape index (κ1) is 25.5. The van der Waals surface area contributed by atoms with Gasteiger partial charge < -0.3 is 10.2 Å². The van der Waals surface area contributed by atoms with Crippen LogP contribution in [0, 0.1) is 11.6 Å². The van der Waals surface area contributed by atoms with E-state index in [1.165, 1.54) is 11.6 Å². The van der Waals surface area contributed by atoms with Crippen molar-refractivity contribution < 1.29 is 8.78 Å². The van der Waals surface area contributed by atoms with Gasteiger partial charge in [-0.25, -0.2) is 8.78 Å². The molecular formula is C22H33F2IN6. The molecule has 31 heavy (non-hydrogen) atoms. The van der Waals surface area contributed by atoms with Gasteiger partial charge in [-0.05, 0) is 31.4 Å². The van der Waals surface area contributed by atoms with Gasteiger partial charge in [0.25, 0.3) is 0 Å². The molecule has 2 heterocycles. The van der Waals surface area contributed by atoms with Crippen LogP contribution in [0.4, 0.5) is 8.78 Å². The fraction of sp³-hybridized carbons (Fsp3) is 0.545. The van der Waals surface area contributed by atoms with E-state index in [-0.39, 0.29) is 30.0 Å². The Labute approximate surface area is 200 Å². The van der Waals surface area contributed by atoms with Crippen LogP contribution in [0.2, 0.25) is 0 Å². The average molecular weight is 546 g/mol. The highest BCUT2D eigenvalue weighted by Crippen LogP contribution is 2.28. The molecular weight excluding hydrogens is 513 g/mol. The number of aromatic nitrogens is 2. The molecule has 1 aliphatic rings.